The Bertz CT molecular complexity index is 709. The SMILES string of the molecule is CCC(CC)C(=O)N1CCC(NC(=O)C2CCCN2C(=O)c2ccccc2)CC1. The summed E-state index contributed by atoms with van der Waals surface area (Å²) < 4.78 is 0. The van der Waals surface area contributed by atoms with E-state index in [4.69, 9.17) is 0 Å². The first-order valence-corrected chi connectivity index (χ1v) is 11.0. The van der Waals surface area contributed by atoms with Crippen LogP contribution >= 0.6 is 0 Å². The van der Waals surface area contributed by atoms with E-state index in [1.54, 1.807) is 17.0 Å². The third kappa shape index (κ3) is 4.98. The van der Waals surface area contributed by atoms with Gasteiger partial charge in [-0.2, -0.15) is 0 Å². The summed E-state index contributed by atoms with van der Waals surface area (Å²) in [6.07, 6.45) is 4.85. The molecular formula is C23H33N3O3. The summed E-state index contributed by atoms with van der Waals surface area (Å²) in [7, 11) is 0. The quantitative estimate of drug-likeness (QED) is 0.800. The summed E-state index contributed by atoms with van der Waals surface area (Å²) in [5, 5.41) is 3.14. The molecule has 2 aliphatic heterocycles. The van der Waals surface area contributed by atoms with E-state index in [2.05, 4.69) is 19.2 Å². The summed E-state index contributed by atoms with van der Waals surface area (Å²) in [6, 6.07) is 8.83. The first kappa shape index (κ1) is 21.3. The Hall–Kier alpha value is -2.37. The minimum absolute atomic E-state index is 0.0587. The van der Waals surface area contributed by atoms with E-state index >= 15 is 0 Å². The first-order valence-electron chi connectivity index (χ1n) is 11.0. The highest BCUT2D eigenvalue weighted by Crippen LogP contribution is 2.22. The predicted octanol–water partition coefficient (Wildman–Crippen LogP) is 2.83. The lowest BCUT2D eigenvalue weighted by Gasteiger charge is -2.35. The largest absolute Gasteiger partial charge is 0.351 e. The van der Waals surface area contributed by atoms with Crippen molar-refractivity contribution in [3.05, 3.63) is 35.9 Å². The van der Waals surface area contributed by atoms with Crippen LogP contribution in [0.15, 0.2) is 30.3 Å². The van der Waals surface area contributed by atoms with Crippen LogP contribution in [0, 0.1) is 5.92 Å². The van der Waals surface area contributed by atoms with Crippen LogP contribution < -0.4 is 5.32 Å². The zero-order chi connectivity index (χ0) is 20.8. The molecule has 2 aliphatic rings. The highest BCUT2D eigenvalue weighted by Gasteiger charge is 2.36. The summed E-state index contributed by atoms with van der Waals surface area (Å²) in [4.78, 5) is 41.9. The van der Waals surface area contributed by atoms with Gasteiger partial charge in [0.15, 0.2) is 0 Å². The molecule has 0 aliphatic carbocycles. The number of amides is 3. The molecule has 0 saturated carbocycles. The number of rotatable bonds is 6. The summed E-state index contributed by atoms with van der Waals surface area (Å²) in [5.74, 6) is 0.220. The molecule has 1 aromatic carbocycles. The van der Waals surface area contributed by atoms with Crippen molar-refractivity contribution in [2.45, 2.75) is 64.5 Å². The molecule has 0 bridgehead atoms. The zero-order valence-corrected chi connectivity index (χ0v) is 17.6. The average Bonchev–Trinajstić information content (AvgIpc) is 3.25. The molecule has 2 saturated heterocycles. The van der Waals surface area contributed by atoms with Crippen molar-refractivity contribution in [1.29, 1.82) is 0 Å². The molecule has 1 N–H and O–H groups in total. The normalized spacial score (nSPS) is 20.2. The maximum absolute atomic E-state index is 12.9. The van der Waals surface area contributed by atoms with Gasteiger partial charge in [-0.1, -0.05) is 32.0 Å². The molecule has 158 valence electrons. The van der Waals surface area contributed by atoms with E-state index in [-0.39, 0.29) is 29.7 Å². The van der Waals surface area contributed by atoms with Crippen molar-refractivity contribution in [1.82, 2.24) is 15.1 Å². The van der Waals surface area contributed by atoms with Crippen LogP contribution in [0.4, 0.5) is 0 Å². The van der Waals surface area contributed by atoms with Gasteiger partial charge in [-0.15, -0.1) is 0 Å². The molecule has 29 heavy (non-hydrogen) atoms. The standard InChI is InChI=1S/C23H33N3O3/c1-3-17(4-2)22(28)25-15-12-19(13-16-25)24-21(27)20-11-8-14-26(20)23(29)18-9-6-5-7-10-18/h5-7,9-10,17,19-20H,3-4,8,11-16H2,1-2H3,(H,24,27). The number of piperidine rings is 1. The molecule has 1 aromatic rings. The number of likely N-dealkylation sites (tertiary alicyclic amines) is 2. The second kappa shape index (κ2) is 9.90. The summed E-state index contributed by atoms with van der Waals surface area (Å²) >= 11 is 0. The molecule has 2 fully saturated rings. The van der Waals surface area contributed by atoms with Gasteiger partial charge in [0, 0.05) is 37.2 Å². The fourth-order valence-electron chi connectivity index (χ4n) is 4.47. The molecule has 1 atom stereocenters. The molecule has 0 aromatic heterocycles. The monoisotopic (exact) mass is 399 g/mol. The lowest BCUT2D eigenvalue weighted by Crippen LogP contribution is -2.52. The second-order valence-electron chi connectivity index (χ2n) is 8.14. The number of hydrogen-bond acceptors (Lipinski definition) is 3. The molecule has 0 spiro atoms. The maximum Gasteiger partial charge on any atom is 0.254 e. The third-order valence-corrected chi connectivity index (χ3v) is 6.32. The van der Waals surface area contributed by atoms with Crippen LogP contribution in [0.2, 0.25) is 0 Å². The van der Waals surface area contributed by atoms with E-state index in [1.165, 1.54) is 0 Å². The predicted molar refractivity (Wildman–Crippen MR) is 112 cm³/mol. The van der Waals surface area contributed by atoms with Gasteiger partial charge in [0.05, 0.1) is 0 Å². The molecule has 6 heteroatoms. The van der Waals surface area contributed by atoms with Crippen molar-refractivity contribution in [3.8, 4) is 0 Å². The lowest BCUT2D eigenvalue weighted by atomic mass is 9.98. The third-order valence-electron chi connectivity index (χ3n) is 6.32. The van der Waals surface area contributed by atoms with Crippen LogP contribution in [-0.4, -0.2) is 59.2 Å². The Morgan fingerprint density at radius 1 is 1.00 bits per heavy atom. The maximum atomic E-state index is 12.9. The van der Waals surface area contributed by atoms with Crippen molar-refractivity contribution in [2.75, 3.05) is 19.6 Å². The van der Waals surface area contributed by atoms with Crippen LogP contribution in [0.5, 0.6) is 0 Å². The fourth-order valence-corrected chi connectivity index (χ4v) is 4.47. The number of carbonyl (C=O) groups excluding carboxylic acids is 3. The van der Waals surface area contributed by atoms with Gasteiger partial charge < -0.3 is 15.1 Å². The van der Waals surface area contributed by atoms with Crippen LogP contribution in [0.3, 0.4) is 0 Å². The number of hydrogen-bond donors (Lipinski definition) is 1. The van der Waals surface area contributed by atoms with Gasteiger partial charge in [0.1, 0.15) is 6.04 Å². The van der Waals surface area contributed by atoms with E-state index in [9.17, 15) is 14.4 Å². The van der Waals surface area contributed by atoms with Crippen molar-refractivity contribution >= 4 is 17.7 Å². The van der Waals surface area contributed by atoms with Gasteiger partial charge >= 0.3 is 0 Å². The molecular weight excluding hydrogens is 366 g/mol. The number of benzene rings is 1. The van der Waals surface area contributed by atoms with E-state index in [0.717, 1.165) is 32.1 Å². The Morgan fingerprint density at radius 2 is 1.66 bits per heavy atom. The number of nitrogens with zero attached hydrogens (tertiary/aromatic N) is 2. The van der Waals surface area contributed by atoms with Crippen molar-refractivity contribution < 1.29 is 14.4 Å². The highest BCUT2D eigenvalue weighted by molar-refractivity contribution is 5.98. The van der Waals surface area contributed by atoms with E-state index < -0.39 is 6.04 Å². The lowest BCUT2D eigenvalue weighted by molar-refractivity contribution is -0.137. The van der Waals surface area contributed by atoms with Crippen LogP contribution in [-0.2, 0) is 9.59 Å². The summed E-state index contributed by atoms with van der Waals surface area (Å²) in [6.45, 7) is 6.12. The van der Waals surface area contributed by atoms with E-state index in [0.29, 0.717) is 31.6 Å². The number of nitrogens with one attached hydrogen (secondary N) is 1. The smallest absolute Gasteiger partial charge is 0.254 e. The highest BCUT2D eigenvalue weighted by atomic mass is 16.2. The fraction of sp³-hybridized carbons (Fsp3) is 0.609. The Labute approximate surface area is 173 Å². The molecule has 0 radical (unpaired) electrons. The van der Waals surface area contributed by atoms with Gasteiger partial charge in [-0.3, -0.25) is 14.4 Å². The van der Waals surface area contributed by atoms with Crippen LogP contribution in [0.25, 0.3) is 0 Å². The van der Waals surface area contributed by atoms with Gasteiger partial charge in [-0.25, -0.2) is 0 Å². The minimum atomic E-state index is -0.396. The minimum Gasteiger partial charge on any atom is -0.351 e. The Morgan fingerprint density at radius 3 is 2.28 bits per heavy atom. The summed E-state index contributed by atoms with van der Waals surface area (Å²) in [5.41, 5.74) is 0.625. The molecule has 1 unspecified atom stereocenters. The molecule has 3 amide bonds. The first-order chi connectivity index (χ1) is 14.0. The van der Waals surface area contributed by atoms with E-state index in [1.807, 2.05) is 23.1 Å². The average molecular weight is 400 g/mol. The van der Waals surface area contributed by atoms with Crippen molar-refractivity contribution in [3.63, 3.8) is 0 Å². The molecule has 6 nitrogen and oxygen atoms in total. The Balaban J connectivity index is 1.53. The zero-order valence-electron chi connectivity index (χ0n) is 17.6. The molecule has 2 heterocycles. The van der Waals surface area contributed by atoms with Gasteiger partial charge in [-0.05, 0) is 50.7 Å². The molecule has 3 rings (SSSR count). The number of carbonyl (C=O) groups is 3. The Kier molecular flexibility index (Phi) is 7.29. The van der Waals surface area contributed by atoms with Gasteiger partial charge in [0.25, 0.3) is 5.91 Å². The topological polar surface area (TPSA) is 69.7 Å². The second-order valence-corrected chi connectivity index (χ2v) is 8.14. The van der Waals surface area contributed by atoms with Gasteiger partial charge in [0.2, 0.25) is 11.8 Å². The van der Waals surface area contributed by atoms with Crippen molar-refractivity contribution in [2.24, 2.45) is 5.92 Å². The van der Waals surface area contributed by atoms with Crippen LogP contribution in [0.1, 0.15) is 62.7 Å².